The molecule has 1 atom stereocenters. The summed E-state index contributed by atoms with van der Waals surface area (Å²) in [6, 6.07) is 0. The Morgan fingerprint density at radius 2 is 2.00 bits per heavy atom. The molecule has 0 amide bonds. The van der Waals surface area contributed by atoms with Gasteiger partial charge in [0.15, 0.2) is 0 Å². The van der Waals surface area contributed by atoms with E-state index in [4.69, 9.17) is 10.2 Å². The van der Waals surface area contributed by atoms with Crippen LogP contribution in [0.3, 0.4) is 0 Å². The largest absolute Gasteiger partial charge is 0.392 e. The molecule has 0 saturated heterocycles. The van der Waals surface area contributed by atoms with Gasteiger partial charge < -0.3 is 10.2 Å². The van der Waals surface area contributed by atoms with Crippen molar-refractivity contribution in [2.45, 2.75) is 20.0 Å². The molecule has 0 fully saturated rings. The van der Waals surface area contributed by atoms with E-state index in [1.807, 2.05) is 13.8 Å². The fraction of sp³-hybridized carbons (Fsp3) is 0.714. The molecule has 2 heteroatoms. The van der Waals surface area contributed by atoms with E-state index in [2.05, 4.69) is 6.58 Å². The first-order valence-corrected chi connectivity index (χ1v) is 3.06. The Balaban J connectivity index is 3.72. The molecule has 0 radical (unpaired) electrons. The van der Waals surface area contributed by atoms with Crippen molar-refractivity contribution in [3.05, 3.63) is 12.2 Å². The van der Waals surface area contributed by atoms with E-state index in [9.17, 15) is 0 Å². The molecule has 0 heterocycles. The minimum absolute atomic E-state index is 0.126. The van der Waals surface area contributed by atoms with E-state index in [0.717, 1.165) is 0 Å². The lowest BCUT2D eigenvalue weighted by Crippen LogP contribution is -2.18. The molecule has 54 valence electrons. The van der Waals surface area contributed by atoms with Crippen LogP contribution >= 0.6 is 0 Å². The van der Waals surface area contributed by atoms with Gasteiger partial charge in [-0.1, -0.05) is 20.4 Å². The van der Waals surface area contributed by atoms with Gasteiger partial charge in [0.1, 0.15) is 0 Å². The molecule has 0 aromatic heterocycles. The van der Waals surface area contributed by atoms with Crippen molar-refractivity contribution in [3.8, 4) is 0 Å². The number of aliphatic hydroxyl groups is 2. The van der Waals surface area contributed by atoms with E-state index < -0.39 is 6.10 Å². The average Bonchev–Trinajstić information content (AvgIpc) is 1.84. The summed E-state index contributed by atoms with van der Waals surface area (Å²) in [5, 5.41) is 17.6. The third kappa shape index (κ3) is 2.63. The highest BCUT2D eigenvalue weighted by molar-refractivity contribution is 5.02. The predicted molar refractivity (Wildman–Crippen MR) is 37.1 cm³/mol. The molecule has 0 spiro atoms. The van der Waals surface area contributed by atoms with Gasteiger partial charge in [-0.05, 0) is 11.5 Å². The van der Waals surface area contributed by atoms with Crippen molar-refractivity contribution in [3.63, 3.8) is 0 Å². The zero-order valence-corrected chi connectivity index (χ0v) is 5.96. The fourth-order valence-corrected chi connectivity index (χ4v) is 0.565. The molecule has 9 heavy (non-hydrogen) atoms. The van der Waals surface area contributed by atoms with Crippen molar-refractivity contribution in [2.24, 2.45) is 5.92 Å². The van der Waals surface area contributed by atoms with Crippen LogP contribution in [0.5, 0.6) is 0 Å². The Bertz CT molecular complexity index is 97.1. The van der Waals surface area contributed by atoms with Crippen LogP contribution in [-0.2, 0) is 0 Å². The Morgan fingerprint density at radius 1 is 1.56 bits per heavy atom. The molecule has 2 nitrogen and oxygen atoms in total. The summed E-state index contributed by atoms with van der Waals surface area (Å²) < 4.78 is 0. The van der Waals surface area contributed by atoms with Crippen LogP contribution in [0, 0.1) is 5.92 Å². The van der Waals surface area contributed by atoms with E-state index >= 15 is 0 Å². The molecule has 0 unspecified atom stereocenters. The third-order valence-corrected chi connectivity index (χ3v) is 1.25. The molecule has 0 aromatic carbocycles. The fourth-order valence-electron chi connectivity index (χ4n) is 0.565. The van der Waals surface area contributed by atoms with Gasteiger partial charge in [0, 0.05) is 0 Å². The normalized spacial score (nSPS) is 13.9. The standard InChI is InChI=1S/C7H14O2/c1-5(2)7(9)6(3)4-8/h5,7-9H,3-4H2,1-2H3/t7-/m0/s1. The van der Waals surface area contributed by atoms with Gasteiger partial charge in [-0.3, -0.25) is 0 Å². The monoisotopic (exact) mass is 130 g/mol. The summed E-state index contributed by atoms with van der Waals surface area (Å²) in [6.07, 6.45) is -0.560. The molecular formula is C7H14O2. The number of hydrogen-bond acceptors (Lipinski definition) is 2. The molecule has 0 aliphatic heterocycles. The molecule has 0 rings (SSSR count). The summed E-state index contributed by atoms with van der Waals surface area (Å²) >= 11 is 0. The van der Waals surface area contributed by atoms with E-state index in [1.165, 1.54) is 0 Å². The summed E-state index contributed by atoms with van der Waals surface area (Å²) in [6.45, 7) is 7.13. The van der Waals surface area contributed by atoms with Crippen LogP contribution < -0.4 is 0 Å². The predicted octanol–water partition coefficient (Wildman–Crippen LogP) is 0.552. The second-order valence-electron chi connectivity index (χ2n) is 2.51. The maximum absolute atomic E-state index is 9.14. The number of rotatable bonds is 3. The highest BCUT2D eigenvalue weighted by Crippen LogP contribution is 2.08. The highest BCUT2D eigenvalue weighted by atomic mass is 16.3. The molecule has 0 bridgehead atoms. The van der Waals surface area contributed by atoms with Crippen LogP contribution in [0.25, 0.3) is 0 Å². The van der Waals surface area contributed by atoms with Crippen molar-refractivity contribution in [1.29, 1.82) is 0 Å². The SMILES string of the molecule is C=C(CO)[C@@H](O)C(C)C. The van der Waals surface area contributed by atoms with Crippen LogP contribution in [0.15, 0.2) is 12.2 Å². The van der Waals surface area contributed by atoms with Crippen LogP contribution in [0.1, 0.15) is 13.8 Å². The molecule has 0 aliphatic rings. The first-order chi connectivity index (χ1) is 4.09. The smallest absolute Gasteiger partial charge is 0.0792 e. The lowest BCUT2D eigenvalue weighted by molar-refractivity contribution is 0.144. The Hall–Kier alpha value is -0.340. The van der Waals surface area contributed by atoms with Crippen LogP contribution in [0.2, 0.25) is 0 Å². The van der Waals surface area contributed by atoms with Crippen LogP contribution in [0.4, 0.5) is 0 Å². The number of aliphatic hydroxyl groups excluding tert-OH is 2. The van der Waals surface area contributed by atoms with Crippen molar-refractivity contribution in [1.82, 2.24) is 0 Å². The summed E-state index contributed by atoms with van der Waals surface area (Å²) in [5.74, 6) is 0.143. The zero-order chi connectivity index (χ0) is 7.44. The van der Waals surface area contributed by atoms with E-state index in [0.29, 0.717) is 5.57 Å². The lowest BCUT2D eigenvalue weighted by Gasteiger charge is -2.14. The van der Waals surface area contributed by atoms with Crippen molar-refractivity contribution >= 4 is 0 Å². The highest BCUT2D eigenvalue weighted by Gasteiger charge is 2.10. The molecule has 0 aromatic rings. The summed E-state index contributed by atoms with van der Waals surface area (Å²) in [4.78, 5) is 0. The second-order valence-corrected chi connectivity index (χ2v) is 2.51. The van der Waals surface area contributed by atoms with Gasteiger partial charge in [0.25, 0.3) is 0 Å². The van der Waals surface area contributed by atoms with Crippen molar-refractivity contribution < 1.29 is 10.2 Å². The first kappa shape index (κ1) is 8.66. The third-order valence-electron chi connectivity index (χ3n) is 1.25. The maximum atomic E-state index is 9.14. The Kier molecular flexibility index (Phi) is 3.50. The molecule has 0 saturated carbocycles. The summed E-state index contributed by atoms with van der Waals surface area (Å²) in [7, 11) is 0. The van der Waals surface area contributed by atoms with Gasteiger partial charge in [-0.25, -0.2) is 0 Å². The quantitative estimate of drug-likeness (QED) is 0.548. The van der Waals surface area contributed by atoms with Gasteiger partial charge in [0.2, 0.25) is 0 Å². The maximum Gasteiger partial charge on any atom is 0.0792 e. The first-order valence-electron chi connectivity index (χ1n) is 3.06. The minimum atomic E-state index is -0.560. The summed E-state index contributed by atoms with van der Waals surface area (Å²) in [5.41, 5.74) is 0.491. The molecular weight excluding hydrogens is 116 g/mol. The Labute approximate surface area is 55.8 Å². The van der Waals surface area contributed by atoms with Gasteiger partial charge >= 0.3 is 0 Å². The van der Waals surface area contributed by atoms with Crippen LogP contribution in [-0.4, -0.2) is 22.9 Å². The number of hydrogen-bond donors (Lipinski definition) is 2. The topological polar surface area (TPSA) is 40.5 Å². The average molecular weight is 130 g/mol. The molecule has 0 aliphatic carbocycles. The van der Waals surface area contributed by atoms with Gasteiger partial charge in [-0.15, -0.1) is 0 Å². The lowest BCUT2D eigenvalue weighted by atomic mass is 10.0. The van der Waals surface area contributed by atoms with Crippen molar-refractivity contribution in [2.75, 3.05) is 6.61 Å². The minimum Gasteiger partial charge on any atom is -0.392 e. The Morgan fingerprint density at radius 3 is 2.11 bits per heavy atom. The van der Waals surface area contributed by atoms with E-state index in [1.54, 1.807) is 0 Å². The second kappa shape index (κ2) is 3.64. The van der Waals surface area contributed by atoms with Gasteiger partial charge in [-0.2, -0.15) is 0 Å². The molecule has 2 N–H and O–H groups in total. The van der Waals surface area contributed by atoms with Gasteiger partial charge in [0.05, 0.1) is 12.7 Å². The zero-order valence-electron chi connectivity index (χ0n) is 5.96. The van der Waals surface area contributed by atoms with E-state index in [-0.39, 0.29) is 12.5 Å².